The molecule has 128 valence electrons. The van der Waals surface area contributed by atoms with E-state index >= 15 is 0 Å². The summed E-state index contributed by atoms with van der Waals surface area (Å²) < 4.78 is 6.67. The van der Waals surface area contributed by atoms with Gasteiger partial charge in [-0.25, -0.2) is 4.79 Å². The van der Waals surface area contributed by atoms with Crippen LogP contribution in [0.15, 0.2) is 38.8 Å². The van der Waals surface area contributed by atoms with Gasteiger partial charge in [0.15, 0.2) is 0 Å². The van der Waals surface area contributed by atoms with Crippen molar-refractivity contribution in [2.24, 2.45) is 4.99 Å². The number of hydrogen-bond donors (Lipinski definition) is 2. The van der Waals surface area contributed by atoms with Crippen LogP contribution in [0.25, 0.3) is 11.6 Å². The number of allylic oxidation sites excluding steroid dienone is 1. The van der Waals surface area contributed by atoms with Crippen LogP contribution >= 0.6 is 0 Å². The number of ether oxygens (including phenoxy) is 1. The van der Waals surface area contributed by atoms with Gasteiger partial charge in [-0.15, -0.1) is 0 Å². The summed E-state index contributed by atoms with van der Waals surface area (Å²) in [5.41, 5.74) is 1.15. The standard InChI is InChI=1S/C18H17N3O4/c22-16-14(8-11-9-19-15-6-2-1-5-13(11)15)17(23)21(18(24)20-16)10-12-4-3-7-25-12/h1-2,5-6,8-9,12,23H,3-4,7,10H2,(H,20,22,24)/t12-/m0/s1. The Morgan fingerprint density at radius 1 is 1.36 bits per heavy atom. The van der Waals surface area contributed by atoms with Gasteiger partial charge in [-0.2, -0.15) is 0 Å². The first-order valence-corrected chi connectivity index (χ1v) is 8.16. The average Bonchev–Trinajstić information content (AvgIpc) is 3.25. The minimum Gasteiger partial charge on any atom is -0.494 e. The lowest BCUT2D eigenvalue weighted by molar-refractivity contribution is 0.0934. The maximum absolute atomic E-state index is 12.2. The summed E-state index contributed by atoms with van der Waals surface area (Å²) >= 11 is 0. The van der Waals surface area contributed by atoms with Crippen LogP contribution in [-0.4, -0.2) is 33.6 Å². The highest BCUT2D eigenvalue weighted by Gasteiger charge is 2.21. The van der Waals surface area contributed by atoms with Crippen LogP contribution in [0.4, 0.5) is 5.69 Å². The maximum Gasteiger partial charge on any atom is 0.331 e. The number of nitrogens with zero attached hydrogens (tertiary/aromatic N) is 2. The summed E-state index contributed by atoms with van der Waals surface area (Å²) in [5, 5.41) is 10.5. The molecule has 25 heavy (non-hydrogen) atoms. The van der Waals surface area contributed by atoms with E-state index in [9.17, 15) is 14.7 Å². The van der Waals surface area contributed by atoms with Crippen molar-refractivity contribution in [2.45, 2.75) is 25.5 Å². The van der Waals surface area contributed by atoms with E-state index < -0.39 is 11.2 Å². The third kappa shape index (κ3) is 2.83. The van der Waals surface area contributed by atoms with Crippen molar-refractivity contribution in [3.05, 3.63) is 56.2 Å². The highest BCUT2D eigenvalue weighted by molar-refractivity contribution is 6.21. The van der Waals surface area contributed by atoms with Crippen LogP contribution < -0.4 is 11.2 Å². The lowest BCUT2D eigenvalue weighted by atomic mass is 10.1. The van der Waals surface area contributed by atoms with Gasteiger partial charge in [-0.3, -0.25) is 19.3 Å². The van der Waals surface area contributed by atoms with Crippen molar-refractivity contribution in [1.82, 2.24) is 9.55 Å². The van der Waals surface area contributed by atoms with Crippen molar-refractivity contribution < 1.29 is 9.84 Å². The lowest BCUT2D eigenvalue weighted by Crippen LogP contribution is -2.34. The molecule has 4 rings (SSSR count). The molecule has 0 amide bonds. The molecule has 0 aliphatic carbocycles. The molecule has 2 N–H and O–H groups in total. The Bertz CT molecular complexity index is 994. The van der Waals surface area contributed by atoms with Gasteiger partial charge < -0.3 is 9.84 Å². The zero-order valence-electron chi connectivity index (χ0n) is 13.4. The van der Waals surface area contributed by atoms with Crippen LogP contribution in [0.1, 0.15) is 24.0 Å². The summed E-state index contributed by atoms with van der Waals surface area (Å²) in [6.07, 6.45) is 4.80. The number of aromatic nitrogens is 2. The molecule has 2 aromatic rings. The van der Waals surface area contributed by atoms with Crippen molar-refractivity contribution >= 4 is 23.6 Å². The summed E-state index contributed by atoms with van der Waals surface area (Å²) in [4.78, 5) is 30.8. The number of aromatic amines is 1. The quantitative estimate of drug-likeness (QED) is 0.889. The number of aromatic hydroxyl groups is 1. The van der Waals surface area contributed by atoms with Crippen LogP contribution in [0.3, 0.4) is 0 Å². The summed E-state index contributed by atoms with van der Waals surface area (Å²) in [5.74, 6) is -0.352. The minimum absolute atomic E-state index is 0.0377. The molecule has 1 atom stereocenters. The number of fused-ring (bicyclic) bond motifs is 1. The second-order valence-corrected chi connectivity index (χ2v) is 6.12. The lowest BCUT2D eigenvalue weighted by Gasteiger charge is -2.14. The molecule has 1 aromatic carbocycles. The monoisotopic (exact) mass is 339 g/mol. The van der Waals surface area contributed by atoms with E-state index in [-0.39, 0.29) is 24.1 Å². The predicted octanol–water partition coefficient (Wildman–Crippen LogP) is 1.68. The third-order valence-corrected chi connectivity index (χ3v) is 4.47. The molecule has 7 nitrogen and oxygen atoms in total. The maximum atomic E-state index is 12.2. The molecule has 3 heterocycles. The molecule has 0 saturated carbocycles. The first kappa shape index (κ1) is 15.6. The molecule has 2 aliphatic heterocycles. The van der Waals surface area contributed by atoms with Gasteiger partial charge >= 0.3 is 5.69 Å². The Morgan fingerprint density at radius 2 is 2.20 bits per heavy atom. The summed E-state index contributed by atoms with van der Waals surface area (Å²) in [7, 11) is 0. The molecular weight excluding hydrogens is 322 g/mol. The van der Waals surface area contributed by atoms with Crippen LogP contribution in [-0.2, 0) is 11.3 Å². The molecule has 0 unspecified atom stereocenters. The van der Waals surface area contributed by atoms with Crippen LogP contribution in [0, 0.1) is 0 Å². The zero-order valence-corrected chi connectivity index (χ0v) is 13.4. The number of aliphatic imine (C=N–C) groups is 1. The molecule has 7 heteroatoms. The van der Waals surface area contributed by atoms with Crippen LogP contribution in [0.5, 0.6) is 5.88 Å². The van der Waals surface area contributed by atoms with E-state index in [0.717, 1.165) is 28.7 Å². The Hall–Kier alpha value is -2.93. The van der Waals surface area contributed by atoms with E-state index in [1.807, 2.05) is 24.3 Å². The molecular formula is C18H17N3O4. The van der Waals surface area contributed by atoms with Crippen molar-refractivity contribution in [2.75, 3.05) is 6.61 Å². The average molecular weight is 339 g/mol. The molecule has 0 radical (unpaired) electrons. The summed E-state index contributed by atoms with van der Waals surface area (Å²) in [6, 6.07) is 7.52. The van der Waals surface area contributed by atoms with E-state index in [4.69, 9.17) is 4.74 Å². The fourth-order valence-corrected chi connectivity index (χ4v) is 3.18. The van der Waals surface area contributed by atoms with Gasteiger partial charge in [-0.05, 0) is 25.0 Å². The smallest absolute Gasteiger partial charge is 0.331 e. The number of rotatable bonds is 3. The molecule has 1 saturated heterocycles. The Labute approximate surface area is 142 Å². The first-order chi connectivity index (χ1) is 12.1. The topological polar surface area (TPSA) is 96.7 Å². The van der Waals surface area contributed by atoms with Crippen molar-refractivity contribution in [1.29, 1.82) is 0 Å². The van der Waals surface area contributed by atoms with E-state index in [0.29, 0.717) is 12.2 Å². The third-order valence-electron chi connectivity index (χ3n) is 4.47. The molecule has 1 aromatic heterocycles. The van der Waals surface area contributed by atoms with Gasteiger partial charge in [0.2, 0.25) is 5.88 Å². The normalized spacial score (nSPS) is 20.3. The number of H-pyrrole nitrogens is 1. The Balaban J connectivity index is 1.78. The minimum atomic E-state index is -0.638. The number of benzene rings is 1. The zero-order chi connectivity index (χ0) is 17.4. The van der Waals surface area contributed by atoms with Gasteiger partial charge in [0.05, 0.1) is 18.3 Å². The SMILES string of the molecule is O=c1[nH]c(=O)n(C[C@@H]2CCCO2)c(O)c1C=C1C=Nc2ccccc21. The number of nitrogens with one attached hydrogen (secondary N) is 1. The molecule has 2 aliphatic rings. The largest absolute Gasteiger partial charge is 0.494 e. The fraction of sp³-hybridized carbons (Fsp3) is 0.278. The molecule has 0 bridgehead atoms. The highest BCUT2D eigenvalue weighted by atomic mass is 16.5. The van der Waals surface area contributed by atoms with E-state index in [1.54, 1.807) is 12.3 Å². The van der Waals surface area contributed by atoms with Crippen LogP contribution in [0.2, 0.25) is 0 Å². The Morgan fingerprint density at radius 3 is 3.00 bits per heavy atom. The first-order valence-electron chi connectivity index (χ1n) is 8.16. The van der Waals surface area contributed by atoms with E-state index in [2.05, 4.69) is 9.98 Å². The second kappa shape index (κ2) is 6.18. The van der Waals surface area contributed by atoms with Crippen molar-refractivity contribution in [3.8, 4) is 5.88 Å². The summed E-state index contributed by atoms with van der Waals surface area (Å²) in [6.45, 7) is 0.857. The Kier molecular flexibility index (Phi) is 3.85. The number of hydrogen-bond acceptors (Lipinski definition) is 5. The fourth-order valence-electron chi connectivity index (χ4n) is 3.18. The molecule has 1 fully saturated rings. The second-order valence-electron chi connectivity index (χ2n) is 6.12. The predicted molar refractivity (Wildman–Crippen MR) is 94.4 cm³/mol. The van der Waals surface area contributed by atoms with Crippen molar-refractivity contribution in [3.63, 3.8) is 0 Å². The van der Waals surface area contributed by atoms with E-state index in [1.165, 1.54) is 0 Å². The highest BCUT2D eigenvalue weighted by Crippen LogP contribution is 2.32. The van der Waals surface area contributed by atoms with Gasteiger partial charge in [-0.1, -0.05) is 18.2 Å². The molecule has 0 spiro atoms. The number of para-hydroxylation sites is 1. The van der Waals surface area contributed by atoms with Gasteiger partial charge in [0.1, 0.15) is 5.56 Å². The van der Waals surface area contributed by atoms with Gasteiger partial charge in [0, 0.05) is 24.0 Å². The van der Waals surface area contributed by atoms with Gasteiger partial charge in [0.25, 0.3) is 5.56 Å².